The van der Waals surface area contributed by atoms with Gasteiger partial charge in [0.2, 0.25) is 5.91 Å². The third kappa shape index (κ3) is 4.80. The number of carbonyl (C=O) groups is 2. The lowest BCUT2D eigenvalue weighted by Gasteiger charge is -2.36. The molecule has 3 atom stereocenters. The Morgan fingerprint density at radius 1 is 1.19 bits per heavy atom. The van der Waals surface area contributed by atoms with E-state index >= 15 is 0 Å². The van der Waals surface area contributed by atoms with Crippen LogP contribution in [0.4, 0.5) is 0 Å². The average Bonchev–Trinajstić information content (AvgIpc) is 2.62. The molecule has 0 bridgehead atoms. The van der Waals surface area contributed by atoms with E-state index < -0.39 is 6.10 Å². The quantitative estimate of drug-likeness (QED) is 0.673. The van der Waals surface area contributed by atoms with Crippen molar-refractivity contribution in [3.63, 3.8) is 0 Å². The number of rotatable bonds is 7. The first-order chi connectivity index (χ1) is 12.7. The number of nitrogens with zero attached hydrogens (tertiary/aromatic N) is 1. The van der Waals surface area contributed by atoms with E-state index in [2.05, 4.69) is 15.6 Å². The zero-order valence-electron chi connectivity index (χ0n) is 14.9. The van der Waals surface area contributed by atoms with E-state index in [0.29, 0.717) is 12.1 Å². The molecule has 2 heterocycles. The highest BCUT2D eigenvalue weighted by molar-refractivity contribution is 5.94. The normalized spacial score (nSPS) is 26.0. The number of aromatic nitrogens is 1. The SMILES string of the molecule is O=C(N[C@H]1CC[C@@H](CCNC(=O)C2CCC2)O[C@@H]1CO)c1ccncc1. The molecule has 7 heteroatoms. The lowest BCUT2D eigenvalue weighted by atomic mass is 9.85. The summed E-state index contributed by atoms with van der Waals surface area (Å²) >= 11 is 0. The first-order valence-corrected chi connectivity index (χ1v) is 9.42. The van der Waals surface area contributed by atoms with Gasteiger partial charge in [-0.05, 0) is 44.2 Å². The van der Waals surface area contributed by atoms with E-state index in [1.54, 1.807) is 24.5 Å². The van der Waals surface area contributed by atoms with Crippen LogP contribution in [0, 0.1) is 5.92 Å². The summed E-state index contributed by atoms with van der Waals surface area (Å²) in [5.41, 5.74) is 0.539. The van der Waals surface area contributed by atoms with E-state index in [9.17, 15) is 14.7 Å². The summed E-state index contributed by atoms with van der Waals surface area (Å²) < 4.78 is 5.94. The molecule has 0 radical (unpaired) electrons. The van der Waals surface area contributed by atoms with Crippen molar-refractivity contribution < 1.29 is 19.4 Å². The number of carbonyl (C=O) groups excluding carboxylic acids is 2. The number of hydrogen-bond acceptors (Lipinski definition) is 5. The van der Waals surface area contributed by atoms with Crippen LogP contribution in [-0.2, 0) is 9.53 Å². The Morgan fingerprint density at radius 2 is 1.96 bits per heavy atom. The van der Waals surface area contributed by atoms with Gasteiger partial charge in [-0.3, -0.25) is 14.6 Å². The van der Waals surface area contributed by atoms with Crippen molar-refractivity contribution in [2.24, 2.45) is 5.92 Å². The number of aliphatic hydroxyl groups excluding tert-OH is 1. The van der Waals surface area contributed by atoms with Gasteiger partial charge in [-0.25, -0.2) is 0 Å². The Kier molecular flexibility index (Phi) is 6.57. The molecular weight excluding hydrogens is 334 g/mol. The van der Waals surface area contributed by atoms with Gasteiger partial charge in [-0.15, -0.1) is 0 Å². The molecule has 1 aliphatic carbocycles. The second kappa shape index (κ2) is 9.09. The van der Waals surface area contributed by atoms with E-state index in [-0.39, 0.29) is 36.5 Å². The van der Waals surface area contributed by atoms with Crippen molar-refractivity contribution in [1.82, 2.24) is 15.6 Å². The van der Waals surface area contributed by atoms with Gasteiger partial charge < -0.3 is 20.5 Å². The molecule has 0 unspecified atom stereocenters. The van der Waals surface area contributed by atoms with Crippen LogP contribution in [-0.4, -0.2) is 53.3 Å². The van der Waals surface area contributed by atoms with Gasteiger partial charge in [0.05, 0.1) is 18.8 Å². The van der Waals surface area contributed by atoms with Crippen LogP contribution in [0.1, 0.15) is 48.9 Å². The fraction of sp³-hybridized carbons (Fsp3) is 0.632. The van der Waals surface area contributed by atoms with Crippen molar-refractivity contribution in [3.05, 3.63) is 30.1 Å². The summed E-state index contributed by atoms with van der Waals surface area (Å²) in [6.07, 6.45) is 8.10. The van der Waals surface area contributed by atoms with Crippen molar-refractivity contribution in [3.8, 4) is 0 Å². The zero-order chi connectivity index (χ0) is 18.4. The molecule has 1 saturated heterocycles. The van der Waals surface area contributed by atoms with Crippen LogP contribution < -0.4 is 10.6 Å². The number of amides is 2. The zero-order valence-corrected chi connectivity index (χ0v) is 14.9. The predicted molar refractivity (Wildman–Crippen MR) is 95.4 cm³/mol. The summed E-state index contributed by atoms with van der Waals surface area (Å²) in [7, 11) is 0. The summed E-state index contributed by atoms with van der Waals surface area (Å²) in [4.78, 5) is 28.0. The van der Waals surface area contributed by atoms with Gasteiger partial charge in [0.25, 0.3) is 5.91 Å². The standard InChI is InChI=1S/C19H27N3O4/c23-12-17-16(22-19(25)14-6-9-20-10-7-14)5-4-15(26-17)8-11-21-18(24)13-2-1-3-13/h6-7,9-10,13,15-17,23H,1-5,8,11-12H2,(H,21,24)(H,22,25)/t15-,16-,17+/m0/s1. The van der Waals surface area contributed by atoms with Crippen LogP contribution in [0.5, 0.6) is 0 Å². The summed E-state index contributed by atoms with van der Waals surface area (Å²) in [5, 5.41) is 15.5. The van der Waals surface area contributed by atoms with Crippen molar-refractivity contribution in [1.29, 1.82) is 0 Å². The van der Waals surface area contributed by atoms with Crippen LogP contribution in [0.3, 0.4) is 0 Å². The molecule has 7 nitrogen and oxygen atoms in total. The largest absolute Gasteiger partial charge is 0.394 e. The van der Waals surface area contributed by atoms with Crippen molar-refractivity contribution >= 4 is 11.8 Å². The van der Waals surface area contributed by atoms with E-state index in [0.717, 1.165) is 38.5 Å². The minimum Gasteiger partial charge on any atom is -0.394 e. The first kappa shape index (κ1) is 18.8. The molecule has 26 heavy (non-hydrogen) atoms. The molecule has 0 aromatic carbocycles. The number of pyridine rings is 1. The molecule has 3 rings (SSSR count). The van der Waals surface area contributed by atoms with E-state index in [1.807, 2.05) is 0 Å². The molecule has 2 fully saturated rings. The van der Waals surface area contributed by atoms with Crippen LogP contribution in [0.25, 0.3) is 0 Å². The fourth-order valence-electron chi connectivity index (χ4n) is 3.44. The van der Waals surface area contributed by atoms with Gasteiger partial charge in [-0.1, -0.05) is 6.42 Å². The smallest absolute Gasteiger partial charge is 0.251 e. The van der Waals surface area contributed by atoms with E-state index in [4.69, 9.17) is 4.74 Å². The van der Waals surface area contributed by atoms with Gasteiger partial charge in [0.1, 0.15) is 6.10 Å². The number of ether oxygens (including phenoxy) is 1. The predicted octanol–water partition coefficient (Wildman–Crippen LogP) is 1.03. The molecule has 1 aliphatic heterocycles. The molecule has 2 amide bonds. The average molecular weight is 361 g/mol. The van der Waals surface area contributed by atoms with Gasteiger partial charge in [-0.2, -0.15) is 0 Å². The van der Waals surface area contributed by atoms with Gasteiger partial charge >= 0.3 is 0 Å². The van der Waals surface area contributed by atoms with E-state index in [1.165, 1.54) is 0 Å². The Morgan fingerprint density at radius 3 is 2.62 bits per heavy atom. The summed E-state index contributed by atoms with van der Waals surface area (Å²) in [6, 6.07) is 3.09. The second-order valence-electron chi connectivity index (χ2n) is 7.08. The van der Waals surface area contributed by atoms with Gasteiger partial charge in [0, 0.05) is 30.4 Å². The molecule has 3 N–H and O–H groups in total. The summed E-state index contributed by atoms with van der Waals surface area (Å²) in [6.45, 7) is 0.443. The maximum absolute atomic E-state index is 12.3. The van der Waals surface area contributed by atoms with Crippen molar-refractivity contribution in [2.45, 2.75) is 56.8 Å². The van der Waals surface area contributed by atoms with Crippen LogP contribution in [0.2, 0.25) is 0 Å². The maximum Gasteiger partial charge on any atom is 0.251 e. The van der Waals surface area contributed by atoms with Gasteiger partial charge in [0.15, 0.2) is 0 Å². The van der Waals surface area contributed by atoms with Crippen molar-refractivity contribution in [2.75, 3.05) is 13.2 Å². The maximum atomic E-state index is 12.3. The fourth-order valence-corrected chi connectivity index (χ4v) is 3.44. The Bertz CT molecular complexity index is 606. The first-order valence-electron chi connectivity index (χ1n) is 9.42. The molecular formula is C19H27N3O4. The second-order valence-corrected chi connectivity index (χ2v) is 7.08. The monoisotopic (exact) mass is 361 g/mol. The third-order valence-electron chi connectivity index (χ3n) is 5.30. The third-order valence-corrected chi connectivity index (χ3v) is 5.30. The Labute approximate surface area is 153 Å². The molecule has 1 aromatic rings. The molecule has 1 aromatic heterocycles. The Balaban J connectivity index is 1.43. The highest BCUT2D eigenvalue weighted by Crippen LogP contribution is 2.26. The minimum atomic E-state index is -0.429. The lowest BCUT2D eigenvalue weighted by Crippen LogP contribution is -2.51. The lowest BCUT2D eigenvalue weighted by molar-refractivity contribution is -0.127. The van der Waals surface area contributed by atoms with Crippen LogP contribution in [0.15, 0.2) is 24.5 Å². The Hall–Kier alpha value is -1.99. The van der Waals surface area contributed by atoms with Crippen LogP contribution >= 0.6 is 0 Å². The highest BCUT2D eigenvalue weighted by Gasteiger charge is 2.32. The topological polar surface area (TPSA) is 101 Å². The summed E-state index contributed by atoms with van der Waals surface area (Å²) in [5.74, 6) is 0.152. The molecule has 2 aliphatic rings. The highest BCUT2D eigenvalue weighted by atomic mass is 16.5. The molecule has 142 valence electrons. The molecule has 1 saturated carbocycles. The number of nitrogens with one attached hydrogen (secondary N) is 2. The minimum absolute atomic E-state index is 0.0112. The molecule has 0 spiro atoms. The number of hydrogen-bond donors (Lipinski definition) is 3. The number of aliphatic hydroxyl groups is 1.